The molecule has 0 saturated heterocycles. The Morgan fingerprint density at radius 2 is 0.636 bits per heavy atom. The SMILES string of the molecule is Br.CCCCC[N+](CCCCC)(CCCCC)CCCCC. The second-order valence-electron chi connectivity index (χ2n) is 7.06. The van der Waals surface area contributed by atoms with Crippen molar-refractivity contribution in [3.05, 3.63) is 0 Å². The maximum atomic E-state index is 2.33. The van der Waals surface area contributed by atoms with E-state index in [1.807, 2.05) is 0 Å². The summed E-state index contributed by atoms with van der Waals surface area (Å²) in [4.78, 5) is 0. The van der Waals surface area contributed by atoms with Gasteiger partial charge in [-0.25, -0.2) is 0 Å². The van der Waals surface area contributed by atoms with E-state index in [0.29, 0.717) is 0 Å². The molecule has 2 heteroatoms. The minimum absolute atomic E-state index is 0. The van der Waals surface area contributed by atoms with Crippen LogP contribution in [0.2, 0.25) is 0 Å². The molecule has 0 radical (unpaired) electrons. The quantitative estimate of drug-likeness (QED) is 0.197. The van der Waals surface area contributed by atoms with Crippen molar-refractivity contribution >= 4 is 17.0 Å². The molecule has 22 heavy (non-hydrogen) atoms. The van der Waals surface area contributed by atoms with Gasteiger partial charge in [-0.05, 0) is 51.4 Å². The number of nitrogens with zero attached hydrogens (tertiary/aromatic N) is 1. The maximum absolute atomic E-state index is 2.33. The summed E-state index contributed by atoms with van der Waals surface area (Å²) in [5, 5.41) is 0. The third kappa shape index (κ3) is 12.9. The van der Waals surface area contributed by atoms with Gasteiger partial charge in [0.25, 0.3) is 0 Å². The lowest BCUT2D eigenvalue weighted by atomic mass is 10.1. The van der Waals surface area contributed by atoms with Crippen molar-refractivity contribution in [2.24, 2.45) is 0 Å². The fraction of sp³-hybridized carbons (Fsp3) is 1.00. The summed E-state index contributed by atoms with van der Waals surface area (Å²) in [7, 11) is 0. The zero-order valence-electron chi connectivity index (χ0n) is 16.2. The molecule has 0 aromatic rings. The first-order valence-electron chi connectivity index (χ1n) is 10.1. The Balaban J connectivity index is 0. The standard InChI is InChI=1S/C20H44N.BrH/c1-5-9-13-17-21(18-14-10-6-2,19-15-11-7-3)20-16-12-8-4;/h5-20H2,1-4H3;1H/q+1;. The smallest absolute Gasteiger partial charge is 0.0786 e. The maximum Gasteiger partial charge on any atom is 0.0786 e. The van der Waals surface area contributed by atoms with Gasteiger partial charge < -0.3 is 4.48 Å². The monoisotopic (exact) mass is 378 g/mol. The summed E-state index contributed by atoms with van der Waals surface area (Å²) in [6.45, 7) is 15.1. The van der Waals surface area contributed by atoms with Crippen LogP contribution in [0.1, 0.15) is 105 Å². The van der Waals surface area contributed by atoms with Gasteiger partial charge in [-0.2, -0.15) is 0 Å². The Morgan fingerprint density at radius 1 is 0.409 bits per heavy atom. The van der Waals surface area contributed by atoms with Crippen molar-refractivity contribution in [1.29, 1.82) is 0 Å². The van der Waals surface area contributed by atoms with Crippen LogP contribution in [-0.2, 0) is 0 Å². The van der Waals surface area contributed by atoms with E-state index in [1.165, 1.54) is 108 Å². The normalized spacial score (nSPS) is 11.5. The lowest BCUT2D eigenvalue weighted by molar-refractivity contribution is -0.929. The molecule has 0 unspecified atom stereocenters. The number of halogens is 1. The summed E-state index contributed by atoms with van der Waals surface area (Å²) in [6, 6.07) is 0. The first-order valence-corrected chi connectivity index (χ1v) is 10.1. The van der Waals surface area contributed by atoms with E-state index in [4.69, 9.17) is 0 Å². The fourth-order valence-corrected chi connectivity index (χ4v) is 3.46. The van der Waals surface area contributed by atoms with E-state index in [0.717, 1.165) is 0 Å². The molecule has 0 rings (SSSR count). The van der Waals surface area contributed by atoms with Crippen LogP contribution >= 0.6 is 17.0 Å². The van der Waals surface area contributed by atoms with Crippen molar-refractivity contribution in [1.82, 2.24) is 0 Å². The van der Waals surface area contributed by atoms with Crippen molar-refractivity contribution in [2.45, 2.75) is 105 Å². The van der Waals surface area contributed by atoms with E-state index in [9.17, 15) is 0 Å². The summed E-state index contributed by atoms with van der Waals surface area (Å²) in [5.74, 6) is 0. The molecule has 0 heterocycles. The minimum Gasteiger partial charge on any atom is -0.324 e. The molecule has 0 spiro atoms. The summed E-state index contributed by atoms with van der Waals surface area (Å²) in [6.07, 6.45) is 16.9. The molecule has 0 aromatic carbocycles. The molecule has 0 bridgehead atoms. The second kappa shape index (κ2) is 17.8. The Hall–Kier alpha value is 0.440. The third-order valence-electron chi connectivity index (χ3n) is 4.94. The van der Waals surface area contributed by atoms with Crippen LogP contribution in [0.3, 0.4) is 0 Å². The highest BCUT2D eigenvalue weighted by Gasteiger charge is 2.25. The number of rotatable bonds is 16. The molecule has 0 N–H and O–H groups in total. The first kappa shape index (κ1) is 24.7. The van der Waals surface area contributed by atoms with Gasteiger partial charge in [-0.1, -0.05) is 53.4 Å². The van der Waals surface area contributed by atoms with Gasteiger partial charge in [-0.3, -0.25) is 0 Å². The molecule has 0 atom stereocenters. The van der Waals surface area contributed by atoms with Crippen LogP contribution in [-0.4, -0.2) is 30.7 Å². The molecule has 136 valence electrons. The van der Waals surface area contributed by atoms with Gasteiger partial charge >= 0.3 is 0 Å². The third-order valence-corrected chi connectivity index (χ3v) is 4.94. The molecule has 0 aliphatic rings. The number of quaternary nitrogens is 1. The molecule has 0 aromatic heterocycles. The van der Waals surface area contributed by atoms with E-state index < -0.39 is 0 Å². The highest BCUT2D eigenvalue weighted by atomic mass is 79.9. The molecule has 0 saturated carbocycles. The Bertz CT molecular complexity index is 160. The first-order chi connectivity index (χ1) is 10.2. The van der Waals surface area contributed by atoms with Gasteiger partial charge in [-0.15, -0.1) is 17.0 Å². The van der Waals surface area contributed by atoms with Gasteiger partial charge in [0.2, 0.25) is 0 Å². The van der Waals surface area contributed by atoms with Crippen LogP contribution in [0, 0.1) is 0 Å². The topological polar surface area (TPSA) is 0 Å². The van der Waals surface area contributed by atoms with Crippen molar-refractivity contribution in [3.63, 3.8) is 0 Å². The van der Waals surface area contributed by atoms with Gasteiger partial charge in [0.1, 0.15) is 0 Å². The zero-order chi connectivity index (χ0) is 15.8. The molecule has 1 nitrogen and oxygen atoms in total. The van der Waals surface area contributed by atoms with Crippen LogP contribution < -0.4 is 0 Å². The largest absolute Gasteiger partial charge is 0.324 e. The molecule has 0 amide bonds. The van der Waals surface area contributed by atoms with Gasteiger partial charge in [0, 0.05) is 0 Å². The predicted molar refractivity (Wildman–Crippen MR) is 108 cm³/mol. The second-order valence-corrected chi connectivity index (χ2v) is 7.06. The van der Waals surface area contributed by atoms with Crippen LogP contribution in [0.15, 0.2) is 0 Å². The zero-order valence-corrected chi connectivity index (χ0v) is 17.9. The molecule has 0 aliphatic carbocycles. The van der Waals surface area contributed by atoms with Crippen molar-refractivity contribution in [3.8, 4) is 0 Å². The van der Waals surface area contributed by atoms with Crippen molar-refractivity contribution in [2.75, 3.05) is 26.2 Å². The minimum atomic E-state index is 0. The Morgan fingerprint density at radius 3 is 0.818 bits per heavy atom. The Labute approximate surface area is 152 Å². The van der Waals surface area contributed by atoms with Crippen LogP contribution in [0.4, 0.5) is 0 Å². The summed E-state index contributed by atoms with van der Waals surface area (Å²) < 4.78 is 1.44. The highest BCUT2D eigenvalue weighted by Crippen LogP contribution is 2.18. The predicted octanol–water partition coefficient (Wildman–Crippen LogP) is 7.14. The summed E-state index contributed by atoms with van der Waals surface area (Å²) >= 11 is 0. The average Bonchev–Trinajstić information content (AvgIpc) is 2.48. The number of hydrogen-bond acceptors (Lipinski definition) is 0. The van der Waals surface area contributed by atoms with E-state index >= 15 is 0 Å². The van der Waals surface area contributed by atoms with Gasteiger partial charge in [0.05, 0.1) is 26.2 Å². The lowest BCUT2D eigenvalue weighted by Gasteiger charge is -2.39. The number of hydrogen-bond donors (Lipinski definition) is 0. The lowest BCUT2D eigenvalue weighted by Crippen LogP contribution is -2.50. The van der Waals surface area contributed by atoms with Crippen LogP contribution in [0.5, 0.6) is 0 Å². The molecule has 0 aliphatic heterocycles. The van der Waals surface area contributed by atoms with Crippen molar-refractivity contribution < 1.29 is 4.48 Å². The van der Waals surface area contributed by atoms with E-state index in [-0.39, 0.29) is 17.0 Å². The Kier molecular flexibility index (Phi) is 20.0. The molecular formula is C20H45BrN+. The van der Waals surface area contributed by atoms with Crippen LogP contribution in [0.25, 0.3) is 0 Å². The molecule has 0 fully saturated rings. The number of unbranched alkanes of at least 4 members (excludes halogenated alkanes) is 8. The molecular weight excluding hydrogens is 334 g/mol. The van der Waals surface area contributed by atoms with E-state index in [1.54, 1.807) is 0 Å². The highest BCUT2D eigenvalue weighted by molar-refractivity contribution is 8.93. The van der Waals surface area contributed by atoms with E-state index in [2.05, 4.69) is 27.7 Å². The van der Waals surface area contributed by atoms with Gasteiger partial charge in [0.15, 0.2) is 0 Å². The summed E-state index contributed by atoms with van der Waals surface area (Å²) in [5.41, 5.74) is 0. The average molecular weight is 379 g/mol. The fourth-order valence-electron chi connectivity index (χ4n) is 3.46.